The van der Waals surface area contributed by atoms with Crippen molar-refractivity contribution in [1.82, 2.24) is 0 Å². The van der Waals surface area contributed by atoms with Crippen LogP contribution in [0.3, 0.4) is 0 Å². The molecule has 0 bridgehead atoms. The molecular formula is C24H25N3O2. The number of aryl methyl sites for hydroxylation is 1. The van der Waals surface area contributed by atoms with Crippen molar-refractivity contribution < 1.29 is 9.59 Å². The first-order chi connectivity index (χ1) is 14.0. The fourth-order valence-corrected chi connectivity index (χ4v) is 3.02. The lowest BCUT2D eigenvalue weighted by Crippen LogP contribution is -2.33. The van der Waals surface area contributed by atoms with Gasteiger partial charge in [0, 0.05) is 29.2 Å². The summed E-state index contributed by atoms with van der Waals surface area (Å²) in [4.78, 5) is 26.7. The molecule has 0 aliphatic heterocycles. The molecule has 3 aromatic rings. The molecule has 5 nitrogen and oxygen atoms in total. The fraction of sp³-hybridized carbons (Fsp3) is 0.167. The molecule has 148 valence electrons. The first-order valence-corrected chi connectivity index (χ1v) is 9.63. The molecule has 0 spiro atoms. The van der Waals surface area contributed by atoms with E-state index in [0.29, 0.717) is 16.9 Å². The Bertz CT molecular complexity index is 969. The average Bonchev–Trinajstić information content (AvgIpc) is 2.74. The molecular weight excluding hydrogens is 362 g/mol. The van der Waals surface area contributed by atoms with Gasteiger partial charge in [-0.05, 0) is 62.4 Å². The number of para-hydroxylation sites is 1. The molecule has 5 heteroatoms. The number of rotatable bonds is 7. The molecule has 0 atom stereocenters. The highest BCUT2D eigenvalue weighted by Gasteiger charge is 2.10. The minimum absolute atomic E-state index is 0.0905. The number of likely N-dealkylation sites (N-methyl/N-ethyl adjacent to an activating group) is 1. The van der Waals surface area contributed by atoms with E-state index in [4.69, 9.17) is 0 Å². The molecule has 0 radical (unpaired) electrons. The summed E-state index contributed by atoms with van der Waals surface area (Å²) in [6.07, 6.45) is 0. The van der Waals surface area contributed by atoms with Gasteiger partial charge >= 0.3 is 0 Å². The van der Waals surface area contributed by atoms with Gasteiger partial charge in [0.25, 0.3) is 5.91 Å². The molecule has 0 saturated heterocycles. The number of nitrogens with zero attached hydrogens (tertiary/aromatic N) is 1. The van der Waals surface area contributed by atoms with E-state index in [-0.39, 0.29) is 18.4 Å². The zero-order valence-corrected chi connectivity index (χ0v) is 16.7. The Hall–Kier alpha value is -3.60. The highest BCUT2D eigenvalue weighted by molar-refractivity contribution is 6.04. The Morgan fingerprint density at radius 1 is 0.828 bits per heavy atom. The number of benzene rings is 3. The molecule has 0 saturated carbocycles. The third kappa shape index (κ3) is 5.69. The molecule has 0 unspecified atom stereocenters. The number of hydrogen-bond acceptors (Lipinski definition) is 3. The number of carbonyl (C=O) groups is 2. The van der Waals surface area contributed by atoms with Gasteiger partial charge in [-0.3, -0.25) is 9.59 Å². The summed E-state index contributed by atoms with van der Waals surface area (Å²) in [7, 11) is 0. The van der Waals surface area contributed by atoms with Crippen molar-refractivity contribution in [3.8, 4) is 0 Å². The van der Waals surface area contributed by atoms with Gasteiger partial charge in [0.05, 0.1) is 6.54 Å². The van der Waals surface area contributed by atoms with Crippen molar-refractivity contribution in [2.45, 2.75) is 13.8 Å². The van der Waals surface area contributed by atoms with Gasteiger partial charge in [-0.15, -0.1) is 0 Å². The summed E-state index contributed by atoms with van der Waals surface area (Å²) < 4.78 is 0. The van der Waals surface area contributed by atoms with Crippen LogP contribution < -0.4 is 15.5 Å². The van der Waals surface area contributed by atoms with Crippen molar-refractivity contribution in [2.24, 2.45) is 0 Å². The summed E-state index contributed by atoms with van der Waals surface area (Å²) in [5.74, 6) is -0.251. The first kappa shape index (κ1) is 20.1. The third-order valence-corrected chi connectivity index (χ3v) is 4.54. The maximum atomic E-state index is 12.4. The van der Waals surface area contributed by atoms with Crippen molar-refractivity contribution in [3.05, 3.63) is 90.0 Å². The van der Waals surface area contributed by atoms with Crippen LogP contribution in [0.15, 0.2) is 78.9 Å². The normalized spacial score (nSPS) is 10.3. The number of anilines is 3. The SMILES string of the molecule is CCN(CC(=O)Nc1ccc(NC(=O)c2cccc(C)c2)cc1)c1ccccc1. The van der Waals surface area contributed by atoms with Crippen LogP contribution in [-0.2, 0) is 4.79 Å². The van der Waals surface area contributed by atoms with Gasteiger partial charge in [-0.25, -0.2) is 0 Å². The maximum Gasteiger partial charge on any atom is 0.255 e. The van der Waals surface area contributed by atoms with Crippen LogP contribution in [0.5, 0.6) is 0 Å². The van der Waals surface area contributed by atoms with Crippen LogP contribution >= 0.6 is 0 Å². The average molecular weight is 387 g/mol. The molecule has 29 heavy (non-hydrogen) atoms. The second-order valence-electron chi connectivity index (χ2n) is 6.80. The zero-order valence-electron chi connectivity index (χ0n) is 16.7. The second-order valence-corrected chi connectivity index (χ2v) is 6.80. The molecule has 2 N–H and O–H groups in total. The zero-order chi connectivity index (χ0) is 20.6. The van der Waals surface area contributed by atoms with E-state index in [1.54, 1.807) is 30.3 Å². The molecule has 0 fully saturated rings. The van der Waals surface area contributed by atoms with E-state index in [2.05, 4.69) is 10.6 Å². The standard InChI is InChI=1S/C24H25N3O2/c1-3-27(22-10-5-4-6-11-22)17-23(28)25-20-12-14-21(15-13-20)26-24(29)19-9-7-8-18(2)16-19/h4-16H,3,17H2,1-2H3,(H,25,28)(H,26,29). The van der Waals surface area contributed by atoms with E-state index >= 15 is 0 Å². The summed E-state index contributed by atoms with van der Waals surface area (Å²) in [5.41, 5.74) is 4.02. The van der Waals surface area contributed by atoms with E-state index in [1.165, 1.54) is 0 Å². The number of hydrogen-bond donors (Lipinski definition) is 2. The highest BCUT2D eigenvalue weighted by atomic mass is 16.2. The van der Waals surface area contributed by atoms with Crippen LogP contribution in [0, 0.1) is 6.92 Å². The van der Waals surface area contributed by atoms with E-state index in [9.17, 15) is 9.59 Å². The number of nitrogens with one attached hydrogen (secondary N) is 2. The molecule has 2 amide bonds. The Balaban J connectivity index is 1.57. The summed E-state index contributed by atoms with van der Waals surface area (Å²) >= 11 is 0. The maximum absolute atomic E-state index is 12.4. The monoisotopic (exact) mass is 387 g/mol. The minimum atomic E-state index is -0.160. The number of carbonyl (C=O) groups excluding carboxylic acids is 2. The van der Waals surface area contributed by atoms with Gasteiger partial charge in [-0.1, -0.05) is 35.9 Å². The lowest BCUT2D eigenvalue weighted by atomic mass is 10.1. The van der Waals surface area contributed by atoms with Crippen molar-refractivity contribution in [2.75, 3.05) is 28.6 Å². The van der Waals surface area contributed by atoms with Gasteiger partial charge in [0.15, 0.2) is 0 Å². The molecule has 0 aliphatic carbocycles. The van der Waals surface area contributed by atoms with Crippen molar-refractivity contribution in [3.63, 3.8) is 0 Å². The second kappa shape index (κ2) is 9.55. The summed E-state index contributed by atoms with van der Waals surface area (Å²) in [6, 6.07) is 24.4. The quantitative estimate of drug-likeness (QED) is 0.617. The molecule has 0 aromatic heterocycles. The van der Waals surface area contributed by atoms with Gasteiger partial charge in [-0.2, -0.15) is 0 Å². The smallest absolute Gasteiger partial charge is 0.255 e. The lowest BCUT2D eigenvalue weighted by Gasteiger charge is -2.22. The lowest BCUT2D eigenvalue weighted by molar-refractivity contribution is -0.115. The minimum Gasteiger partial charge on any atom is -0.362 e. The van der Waals surface area contributed by atoms with Gasteiger partial charge < -0.3 is 15.5 Å². The topological polar surface area (TPSA) is 61.4 Å². The third-order valence-electron chi connectivity index (χ3n) is 4.54. The Morgan fingerprint density at radius 3 is 2.10 bits per heavy atom. The van der Waals surface area contributed by atoms with Crippen LogP contribution in [0.4, 0.5) is 17.1 Å². The van der Waals surface area contributed by atoms with Crippen molar-refractivity contribution >= 4 is 28.9 Å². The van der Waals surface area contributed by atoms with Crippen LogP contribution in [0.25, 0.3) is 0 Å². The molecule has 0 aliphatic rings. The largest absolute Gasteiger partial charge is 0.362 e. The summed E-state index contributed by atoms with van der Waals surface area (Å²) in [5, 5.41) is 5.77. The Kier molecular flexibility index (Phi) is 6.63. The van der Waals surface area contributed by atoms with Crippen LogP contribution in [0.2, 0.25) is 0 Å². The first-order valence-electron chi connectivity index (χ1n) is 9.63. The highest BCUT2D eigenvalue weighted by Crippen LogP contribution is 2.16. The fourth-order valence-electron chi connectivity index (χ4n) is 3.02. The Morgan fingerprint density at radius 2 is 1.48 bits per heavy atom. The van der Waals surface area contributed by atoms with Crippen molar-refractivity contribution in [1.29, 1.82) is 0 Å². The van der Waals surface area contributed by atoms with E-state index in [0.717, 1.165) is 17.8 Å². The Labute approximate surface area is 171 Å². The van der Waals surface area contributed by atoms with Crippen LogP contribution in [0.1, 0.15) is 22.8 Å². The predicted octanol–water partition coefficient (Wildman–Crippen LogP) is 4.71. The molecule has 3 rings (SSSR count). The molecule has 0 heterocycles. The number of amides is 2. The van der Waals surface area contributed by atoms with Gasteiger partial charge in [0.2, 0.25) is 5.91 Å². The van der Waals surface area contributed by atoms with Gasteiger partial charge in [0.1, 0.15) is 0 Å². The molecule has 3 aromatic carbocycles. The predicted molar refractivity (Wildman–Crippen MR) is 119 cm³/mol. The van der Waals surface area contributed by atoms with E-state index in [1.807, 2.05) is 67.3 Å². The van der Waals surface area contributed by atoms with Crippen LogP contribution in [-0.4, -0.2) is 24.9 Å². The summed E-state index contributed by atoms with van der Waals surface area (Å²) in [6.45, 7) is 4.98. The van der Waals surface area contributed by atoms with E-state index < -0.39 is 0 Å².